The summed E-state index contributed by atoms with van der Waals surface area (Å²) in [6.45, 7) is -0.760. The van der Waals surface area contributed by atoms with Gasteiger partial charge in [0.1, 0.15) is 24.4 Å². The Kier molecular flexibility index (Phi) is 10.7. The fraction of sp³-hybridized carbons (Fsp3) is 0.833. The maximum Gasteiger partial charge on any atom is 1.00 e. The van der Waals surface area contributed by atoms with E-state index in [2.05, 4.69) is 0 Å². The smallest absolute Gasteiger partial charge is 1.00 e. The summed E-state index contributed by atoms with van der Waals surface area (Å²) in [5.41, 5.74) is 0. The second-order valence-corrected chi connectivity index (χ2v) is 2.36. The van der Waals surface area contributed by atoms with Gasteiger partial charge >= 0.3 is 51.4 Å². The van der Waals surface area contributed by atoms with Gasteiger partial charge in [-0.2, -0.15) is 0 Å². The monoisotopic (exact) mass is 220 g/mol. The van der Waals surface area contributed by atoms with Gasteiger partial charge in [-0.05, 0) is 0 Å². The summed E-state index contributed by atoms with van der Waals surface area (Å²) in [5.74, 6) is 0. The van der Waals surface area contributed by atoms with E-state index in [0.29, 0.717) is 0 Å². The molecule has 0 heterocycles. The molecule has 7 heteroatoms. The van der Waals surface area contributed by atoms with E-state index < -0.39 is 31.0 Å². The van der Waals surface area contributed by atoms with Crippen LogP contribution >= 0.6 is 0 Å². The van der Waals surface area contributed by atoms with Crippen molar-refractivity contribution in [3.8, 4) is 0 Å². The van der Waals surface area contributed by atoms with Gasteiger partial charge in [0.25, 0.3) is 0 Å². The van der Waals surface area contributed by atoms with Crippen LogP contribution in [0, 0.1) is 0 Å². The van der Waals surface area contributed by atoms with E-state index >= 15 is 0 Å². The minimum Gasteiger partial charge on any atom is -1.00 e. The molecule has 74 valence electrons. The van der Waals surface area contributed by atoms with Crippen molar-refractivity contribution in [3.05, 3.63) is 0 Å². The molecule has 0 fully saturated rings. The Labute approximate surface area is 119 Å². The summed E-state index contributed by atoms with van der Waals surface area (Å²) in [5, 5.41) is 43.5. The molecule has 0 aromatic heterocycles. The second-order valence-electron chi connectivity index (χ2n) is 2.36. The molecule has 0 amide bonds. The van der Waals surface area contributed by atoms with Crippen molar-refractivity contribution in [2.75, 3.05) is 6.61 Å². The molecule has 0 aliphatic carbocycles. The first kappa shape index (κ1) is 16.5. The summed E-state index contributed by atoms with van der Waals surface area (Å²) in [7, 11) is 0. The van der Waals surface area contributed by atoms with Gasteiger partial charge in [0.15, 0.2) is 6.29 Å². The number of aliphatic hydroxyl groups is 5. The number of carbonyl (C=O) groups excluding carboxylic acids is 1. The van der Waals surface area contributed by atoms with Crippen molar-refractivity contribution >= 4 is 6.29 Å². The van der Waals surface area contributed by atoms with Crippen LogP contribution in [-0.4, -0.2) is 62.8 Å². The fourth-order valence-corrected chi connectivity index (χ4v) is 0.618. The molecule has 5 N–H and O–H groups in total. The predicted octanol–water partition coefficient (Wildman–Crippen LogP) is -6.26. The first-order valence-corrected chi connectivity index (χ1v) is 3.33. The van der Waals surface area contributed by atoms with Gasteiger partial charge in [-0.15, -0.1) is 0 Å². The van der Waals surface area contributed by atoms with Crippen LogP contribution in [0.4, 0.5) is 0 Å². The Morgan fingerprint density at radius 3 is 1.92 bits per heavy atom. The molecular weight excluding hydrogens is 207 g/mol. The molecule has 0 aromatic rings. The van der Waals surface area contributed by atoms with Crippen molar-refractivity contribution in [3.63, 3.8) is 0 Å². The SMILES string of the molecule is O=C[C@H](O)[C@@H](O)[C@@H](O)[C@H](O)CO.[H-].[K+]. The van der Waals surface area contributed by atoms with E-state index in [1.54, 1.807) is 0 Å². The van der Waals surface area contributed by atoms with Gasteiger partial charge in [-0.1, -0.05) is 0 Å². The molecule has 0 aromatic carbocycles. The van der Waals surface area contributed by atoms with E-state index in [4.69, 9.17) is 25.5 Å². The van der Waals surface area contributed by atoms with E-state index in [-0.39, 0.29) is 59.1 Å². The molecule has 0 spiro atoms. The van der Waals surface area contributed by atoms with Crippen LogP contribution in [0.2, 0.25) is 0 Å². The molecule has 6 nitrogen and oxygen atoms in total. The normalized spacial score (nSPS) is 19.5. The molecule has 0 radical (unpaired) electrons. The Hall–Kier alpha value is 1.11. The maximum absolute atomic E-state index is 9.90. The van der Waals surface area contributed by atoms with E-state index in [9.17, 15) is 4.79 Å². The predicted molar refractivity (Wildman–Crippen MR) is 38.3 cm³/mol. The van der Waals surface area contributed by atoms with Crippen LogP contribution in [0.3, 0.4) is 0 Å². The van der Waals surface area contributed by atoms with Gasteiger partial charge in [-0.3, -0.25) is 0 Å². The van der Waals surface area contributed by atoms with Gasteiger partial charge in [0.05, 0.1) is 6.61 Å². The van der Waals surface area contributed by atoms with Crippen molar-refractivity contribution in [2.45, 2.75) is 24.4 Å². The summed E-state index contributed by atoms with van der Waals surface area (Å²) in [4.78, 5) is 9.90. The average molecular weight is 220 g/mol. The Bertz CT molecular complexity index is 148. The number of aliphatic hydroxyl groups excluding tert-OH is 5. The Morgan fingerprint density at radius 2 is 1.62 bits per heavy atom. The number of hydrogen-bond donors (Lipinski definition) is 5. The van der Waals surface area contributed by atoms with E-state index in [1.165, 1.54) is 0 Å². The third-order valence-electron chi connectivity index (χ3n) is 1.42. The Morgan fingerprint density at radius 1 is 1.15 bits per heavy atom. The van der Waals surface area contributed by atoms with Crippen LogP contribution in [-0.2, 0) is 4.79 Å². The zero-order valence-electron chi connectivity index (χ0n) is 8.24. The first-order chi connectivity index (χ1) is 5.54. The third-order valence-corrected chi connectivity index (χ3v) is 1.42. The van der Waals surface area contributed by atoms with Crippen LogP contribution in [0.1, 0.15) is 1.43 Å². The molecule has 0 aliphatic heterocycles. The van der Waals surface area contributed by atoms with Crippen molar-refractivity contribution in [1.29, 1.82) is 0 Å². The Balaban J connectivity index is -0.000000605. The van der Waals surface area contributed by atoms with Crippen molar-refractivity contribution in [1.82, 2.24) is 0 Å². The quantitative estimate of drug-likeness (QED) is 0.232. The average Bonchev–Trinajstić information content (AvgIpc) is 2.12. The minimum atomic E-state index is -1.79. The summed E-state index contributed by atoms with van der Waals surface area (Å²) in [6, 6.07) is 0. The van der Waals surface area contributed by atoms with Crippen molar-refractivity contribution < 1.29 is 83.1 Å². The zero-order chi connectivity index (χ0) is 9.72. The van der Waals surface area contributed by atoms with Crippen LogP contribution in [0.25, 0.3) is 0 Å². The molecule has 0 unspecified atom stereocenters. The zero-order valence-corrected chi connectivity index (χ0v) is 10.4. The van der Waals surface area contributed by atoms with Crippen LogP contribution in [0.15, 0.2) is 0 Å². The number of aldehydes is 1. The largest absolute Gasteiger partial charge is 1.00 e. The van der Waals surface area contributed by atoms with Gasteiger partial charge in [-0.25, -0.2) is 0 Å². The summed E-state index contributed by atoms with van der Waals surface area (Å²) < 4.78 is 0. The summed E-state index contributed by atoms with van der Waals surface area (Å²) >= 11 is 0. The third kappa shape index (κ3) is 5.52. The van der Waals surface area contributed by atoms with Gasteiger partial charge < -0.3 is 31.8 Å². The van der Waals surface area contributed by atoms with E-state index in [1.807, 2.05) is 0 Å². The number of rotatable bonds is 5. The van der Waals surface area contributed by atoms with Crippen LogP contribution < -0.4 is 51.4 Å². The van der Waals surface area contributed by atoms with Crippen LogP contribution in [0.5, 0.6) is 0 Å². The standard InChI is InChI=1S/C6H12O6.K.H/c7-1-3(9)5(11)6(12)4(10)2-8;;/h1,3-6,8-12H,2H2;;/q;+1;-1/t3-,4+,5+,6-;;/m0../s1. The molecule has 0 aliphatic rings. The first-order valence-electron chi connectivity index (χ1n) is 3.33. The summed E-state index contributed by atoms with van der Waals surface area (Å²) in [6.07, 6.45) is -6.84. The molecule has 4 atom stereocenters. The molecule has 0 bridgehead atoms. The number of hydrogen-bond acceptors (Lipinski definition) is 6. The maximum atomic E-state index is 9.90. The molecular formula is C6H13KO6. The molecule has 0 saturated carbocycles. The topological polar surface area (TPSA) is 118 Å². The molecule has 13 heavy (non-hydrogen) atoms. The van der Waals surface area contributed by atoms with Gasteiger partial charge in [0.2, 0.25) is 0 Å². The van der Waals surface area contributed by atoms with Gasteiger partial charge in [0, 0.05) is 0 Å². The number of carbonyl (C=O) groups is 1. The van der Waals surface area contributed by atoms with Crippen molar-refractivity contribution in [2.24, 2.45) is 0 Å². The minimum absolute atomic E-state index is 0. The second kappa shape index (κ2) is 8.42. The van der Waals surface area contributed by atoms with E-state index in [0.717, 1.165) is 0 Å². The fourth-order valence-electron chi connectivity index (χ4n) is 0.618. The molecule has 0 rings (SSSR count). The molecule has 0 saturated heterocycles.